The first kappa shape index (κ1) is 19.0. The van der Waals surface area contributed by atoms with Crippen molar-refractivity contribution in [3.8, 4) is 5.69 Å². The Balaban J connectivity index is 1.83. The van der Waals surface area contributed by atoms with Crippen LogP contribution < -0.4 is 4.90 Å². The molecule has 0 saturated carbocycles. The van der Waals surface area contributed by atoms with E-state index < -0.39 is 0 Å². The molecule has 4 rings (SSSR count). The molecule has 0 aliphatic carbocycles. The highest BCUT2D eigenvalue weighted by Gasteiger charge is 2.32. The van der Waals surface area contributed by atoms with E-state index in [9.17, 15) is 4.79 Å². The van der Waals surface area contributed by atoms with E-state index in [1.54, 1.807) is 18.6 Å². The van der Waals surface area contributed by atoms with E-state index in [0.29, 0.717) is 28.7 Å². The number of imidazole rings is 1. The molecule has 0 amide bonds. The van der Waals surface area contributed by atoms with E-state index in [2.05, 4.69) is 9.88 Å². The van der Waals surface area contributed by atoms with Gasteiger partial charge in [0.1, 0.15) is 11.9 Å². The first-order valence-corrected chi connectivity index (χ1v) is 9.55. The monoisotopic (exact) mass is 419 g/mol. The van der Waals surface area contributed by atoms with Gasteiger partial charge in [-0.05, 0) is 19.2 Å². The molecule has 28 heavy (non-hydrogen) atoms. The van der Waals surface area contributed by atoms with Gasteiger partial charge in [0.05, 0.1) is 34.7 Å². The van der Waals surface area contributed by atoms with Crippen LogP contribution in [0.15, 0.2) is 36.9 Å². The Morgan fingerprint density at radius 2 is 2.11 bits per heavy atom. The van der Waals surface area contributed by atoms with Crippen molar-refractivity contribution >= 4 is 45.9 Å². The first-order valence-electron chi connectivity index (χ1n) is 8.79. The van der Waals surface area contributed by atoms with E-state index in [0.717, 1.165) is 23.4 Å². The molecule has 7 nitrogen and oxygen atoms in total. The maximum atomic E-state index is 12.2. The van der Waals surface area contributed by atoms with Gasteiger partial charge in [-0.15, -0.1) is 0 Å². The normalized spacial score (nSPS) is 17.9. The van der Waals surface area contributed by atoms with Crippen LogP contribution in [0.4, 0.5) is 5.82 Å². The lowest BCUT2D eigenvalue weighted by molar-refractivity contribution is -0.146. The molecule has 1 aliphatic heterocycles. The number of halogens is 2. The molecule has 3 heterocycles. The quantitative estimate of drug-likeness (QED) is 0.607. The molecule has 3 aromatic rings. The van der Waals surface area contributed by atoms with Gasteiger partial charge in [-0.1, -0.05) is 23.2 Å². The van der Waals surface area contributed by atoms with Crippen molar-refractivity contribution in [2.45, 2.75) is 6.04 Å². The summed E-state index contributed by atoms with van der Waals surface area (Å²) in [5.41, 5.74) is 1.51. The molecule has 0 N–H and O–H groups in total. The van der Waals surface area contributed by atoms with Crippen LogP contribution in [-0.4, -0.2) is 65.2 Å². The van der Waals surface area contributed by atoms with Gasteiger partial charge in [0.2, 0.25) is 0 Å². The Labute approximate surface area is 172 Å². The summed E-state index contributed by atoms with van der Waals surface area (Å²) >= 11 is 12.7. The minimum Gasteiger partial charge on any atom is -0.468 e. The zero-order valence-corrected chi connectivity index (χ0v) is 17.0. The van der Waals surface area contributed by atoms with Crippen LogP contribution in [0.2, 0.25) is 10.0 Å². The van der Waals surface area contributed by atoms with Gasteiger partial charge in [0.25, 0.3) is 0 Å². The van der Waals surface area contributed by atoms with Crippen molar-refractivity contribution in [3.63, 3.8) is 0 Å². The number of anilines is 1. The number of ether oxygens (including phenoxy) is 1. The number of pyridine rings is 1. The number of piperazine rings is 1. The van der Waals surface area contributed by atoms with Crippen LogP contribution in [-0.2, 0) is 9.53 Å². The summed E-state index contributed by atoms with van der Waals surface area (Å²) in [5.74, 6) is 0.464. The third-order valence-corrected chi connectivity index (χ3v) is 5.86. The number of aromatic nitrogens is 3. The van der Waals surface area contributed by atoms with E-state index in [1.807, 2.05) is 34.8 Å². The van der Waals surface area contributed by atoms with Crippen LogP contribution in [0.5, 0.6) is 0 Å². The predicted octanol–water partition coefficient (Wildman–Crippen LogP) is 3.02. The Morgan fingerprint density at radius 3 is 2.82 bits per heavy atom. The zero-order valence-electron chi connectivity index (χ0n) is 15.5. The SMILES string of the molecule is COC(=O)C1CN(c2cc(-n3ccnc3)c3ccc(Cl)c(Cl)c3n2)CCN1C. The summed E-state index contributed by atoms with van der Waals surface area (Å²) in [6, 6.07) is 5.28. The van der Waals surface area contributed by atoms with Gasteiger partial charge in [-0.2, -0.15) is 0 Å². The molecule has 1 aromatic carbocycles. The molecule has 0 bridgehead atoms. The number of likely N-dealkylation sites (N-methyl/N-ethyl adjacent to an activating group) is 1. The summed E-state index contributed by atoms with van der Waals surface area (Å²) < 4.78 is 6.86. The topological polar surface area (TPSA) is 63.5 Å². The number of hydrogen-bond acceptors (Lipinski definition) is 6. The molecule has 0 spiro atoms. The lowest BCUT2D eigenvalue weighted by Gasteiger charge is -2.38. The Bertz CT molecular complexity index is 1020. The Morgan fingerprint density at radius 1 is 1.29 bits per heavy atom. The van der Waals surface area contributed by atoms with Gasteiger partial charge >= 0.3 is 5.97 Å². The average molecular weight is 420 g/mol. The van der Waals surface area contributed by atoms with Crippen molar-refractivity contribution in [3.05, 3.63) is 47.0 Å². The molecule has 1 atom stereocenters. The number of nitrogens with zero attached hydrogens (tertiary/aromatic N) is 5. The number of carbonyl (C=O) groups excluding carboxylic acids is 1. The zero-order chi connectivity index (χ0) is 19.8. The van der Waals surface area contributed by atoms with E-state index >= 15 is 0 Å². The van der Waals surface area contributed by atoms with Crippen molar-refractivity contribution in [2.24, 2.45) is 0 Å². The molecular weight excluding hydrogens is 401 g/mol. The maximum Gasteiger partial charge on any atom is 0.324 e. The highest BCUT2D eigenvalue weighted by atomic mass is 35.5. The minimum absolute atomic E-state index is 0.260. The lowest BCUT2D eigenvalue weighted by Crippen LogP contribution is -2.55. The number of esters is 1. The number of rotatable bonds is 3. The third-order valence-electron chi connectivity index (χ3n) is 5.06. The van der Waals surface area contributed by atoms with Crippen LogP contribution in [0.25, 0.3) is 16.6 Å². The molecule has 2 aromatic heterocycles. The maximum absolute atomic E-state index is 12.2. The second kappa shape index (κ2) is 7.58. The molecule has 0 radical (unpaired) electrons. The van der Waals surface area contributed by atoms with Gasteiger partial charge < -0.3 is 14.2 Å². The number of carbonyl (C=O) groups is 1. The molecular formula is C19H19Cl2N5O2. The summed E-state index contributed by atoms with van der Waals surface area (Å²) in [4.78, 5) is 25.1. The predicted molar refractivity (Wildman–Crippen MR) is 110 cm³/mol. The highest BCUT2D eigenvalue weighted by molar-refractivity contribution is 6.45. The van der Waals surface area contributed by atoms with Crippen molar-refractivity contribution in [2.75, 3.05) is 38.7 Å². The molecule has 1 aliphatic rings. The fourth-order valence-corrected chi connectivity index (χ4v) is 3.81. The van der Waals surface area contributed by atoms with Gasteiger partial charge in [-0.25, -0.2) is 9.97 Å². The largest absolute Gasteiger partial charge is 0.468 e. The second-order valence-corrected chi connectivity index (χ2v) is 7.48. The highest BCUT2D eigenvalue weighted by Crippen LogP contribution is 2.35. The summed E-state index contributed by atoms with van der Waals surface area (Å²) in [6.45, 7) is 1.91. The molecule has 9 heteroatoms. The number of methoxy groups -OCH3 is 1. The van der Waals surface area contributed by atoms with Crippen LogP contribution in [0.1, 0.15) is 0 Å². The average Bonchev–Trinajstić information content (AvgIpc) is 3.24. The van der Waals surface area contributed by atoms with Crippen molar-refractivity contribution in [1.82, 2.24) is 19.4 Å². The first-order chi connectivity index (χ1) is 13.5. The molecule has 1 unspecified atom stereocenters. The molecule has 1 fully saturated rings. The van der Waals surface area contributed by atoms with Gasteiger partial charge in [0.15, 0.2) is 0 Å². The van der Waals surface area contributed by atoms with E-state index in [4.69, 9.17) is 32.9 Å². The Kier molecular flexibility index (Phi) is 5.14. The van der Waals surface area contributed by atoms with Gasteiger partial charge in [-0.3, -0.25) is 9.69 Å². The lowest BCUT2D eigenvalue weighted by atomic mass is 10.1. The summed E-state index contributed by atoms with van der Waals surface area (Å²) in [5, 5.41) is 1.72. The van der Waals surface area contributed by atoms with Crippen LogP contribution in [0, 0.1) is 0 Å². The van der Waals surface area contributed by atoms with E-state index in [-0.39, 0.29) is 12.0 Å². The standard InChI is InChI=1S/C19H19Cl2N5O2/c1-24-7-8-25(10-15(24)19(27)28-2)16-9-14(26-6-5-22-11-26)12-3-4-13(20)17(21)18(12)23-16/h3-6,9,11,15H,7-8,10H2,1-2H3. The minimum atomic E-state index is -0.359. The molecule has 1 saturated heterocycles. The van der Waals surface area contributed by atoms with Crippen LogP contribution in [0.3, 0.4) is 0 Å². The number of benzene rings is 1. The smallest absolute Gasteiger partial charge is 0.324 e. The fourth-order valence-electron chi connectivity index (χ4n) is 3.45. The number of fused-ring (bicyclic) bond motifs is 1. The van der Waals surface area contributed by atoms with Crippen LogP contribution >= 0.6 is 23.2 Å². The van der Waals surface area contributed by atoms with Crippen molar-refractivity contribution in [1.29, 1.82) is 0 Å². The Hall–Kier alpha value is -2.35. The third kappa shape index (κ3) is 3.30. The van der Waals surface area contributed by atoms with E-state index in [1.165, 1.54) is 7.11 Å². The van der Waals surface area contributed by atoms with Crippen molar-refractivity contribution < 1.29 is 9.53 Å². The second-order valence-electron chi connectivity index (χ2n) is 6.69. The van der Waals surface area contributed by atoms with Gasteiger partial charge in [0, 0.05) is 43.5 Å². The summed E-state index contributed by atoms with van der Waals surface area (Å²) in [6.07, 6.45) is 5.30. The fraction of sp³-hybridized carbons (Fsp3) is 0.316. The molecule has 146 valence electrons. The summed E-state index contributed by atoms with van der Waals surface area (Å²) in [7, 11) is 3.32. The number of hydrogen-bond donors (Lipinski definition) is 0.